The molecule has 1 unspecified atom stereocenters. The average molecular weight is 436 g/mol. The number of hydrazine groups is 1. The third kappa shape index (κ3) is 6.12. The van der Waals surface area contributed by atoms with Crippen molar-refractivity contribution in [3.63, 3.8) is 0 Å². The van der Waals surface area contributed by atoms with E-state index in [-0.39, 0.29) is 24.1 Å². The van der Waals surface area contributed by atoms with Gasteiger partial charge in [0.15, 0.2) is 16.9 Å². The maximum atomic E-state index is 12.9. The fourth-order valence-corrected chi connectivity index (χ4v) is 3.91. The van der Waals surface area contributed by atoms with Crippen molar-refractivity contribution in [3.05, 3.63) is 33.9 Å². The van der Waals surface area contributed by atoms with Crippen LogP contribution in [-0.4, -0.2) is 96.7 Å². The van der Waals surface area contributed by atoms with Crippen LogP contribution in [-0.2, 0) is 9.53 Å². The lowest BCUT2D eigenvalue weighted by atomic mass is 10.2. The largest absolute Gasteiger partial charge is 0.480 e. The van der Waals surface area contributed by atoms with Gasteiger partial charge >= 0.3 is 11.9 Å². The summed E-state index contributed by atoms with van der Waals surface area (Å²) >= 11 is 0. The monoisotopic (exact) mass is 436 g/mol. The fourth-order valence-electron chi connectivity index (χ4n) is 3.91. The van der Waals surface area contributed by atoms with E-state index in [0.29, 0.717) is 45.8 Å². The highest BCUT2D eigenvalue weighted by Crippen LogP contribution is 2.16. The van der Waals surface area contributed by atoms with Gasteiger partial charge in [-0.2, -0.15) is 0 Å². The van der Waals surface area contributed by atoms with Gasteiger partial charge in [0.25, 0.3) is 5.91 Å². The van der Waals surface area contributed by atoms with Gasteiger partial charge in [0, 0.05) is 52.0 Å². The maximum Gasteiger partial charge on any atom is 0.317 e. The Kier molecular flexibility index (Phi) is 7.77. The number of rotatable bonds is 7. The normalized spacial score (nSPS) is 20.4. The van der Waals surface area contributed by atoms with Gasteiger partial charge in [-0.1, -0.05) is 0 Å². The minimum atomic E-state index is -0.921. The first kappa shape index (κ1) is 22.9. The number of carbonyl (C=O) groups excluding carboxylic acids is 2. The van der Waals surface area contributed by atoms with E-state index in [1.165, 1.54) is 4.90 Å². The summed E-state index contributed by atoms with van der Waals surface area (Å²) in [5.41, 5.74) is 2.23. The summed E-state index contributed by atoms with van der Waals surface area (Å²) < 4.78 is 10.7. The summed E-state index contributed by atoms with van der Waals surface area (Å²) in [7, 11) is 1.59. The van der Waals surface area contributed by atoms with Crippen molar-refractivity contribution in [1.82, 2.24) is 20.2 Å². The third-order valence-corrected chi connectivity index (χ3v) is 5.42. The number of carboxylic acids is 1. The Labute approximate surface area is 179 Å². The van der Waals surface area contributed by atoms with E-state index >= 15 is 0 Å². The highest BCUT2D eigenvalue weighted by molar-refractivity contribution is 5.94. The predicted molar refractivity (Wildman–Crippen MR) is 109 cm³/mol. The van der Waals surface area contributed by atoms with Crippen LogP contribution < -0.4 is 10.9 Å². The molecular weight excluding hydrogens is 408 g/mol. The van der Waals surface area contributed by atoms with Crippen LogP contribution in [0.1, 0.15) is 40.4 Å². The second-order valence-corrected chi connectivity index (χ2v) is 7.72. The molecule has 170 valence electrons. The SMILES string of the molecule is COCC1CCCN1NC(=O)c1cc(=O)cc(C(=O)N2CCCN(CC(=O)O)CC2)o1. The quantitative estimate of drug-likeness (QED) is 0.587. The van der Waals surface area contributed by atoms with Gasteiger partial charge < -0.3 is 19.2 Å². The Hall–Kier alpha value is -2.76. The lowest BCUT2D eigenvalue weighted by Crippen LogP contribution is -2.47. The molecule has 2 fully saturated rings. The van der Waals surface area contributed by atoms with Crippen LogP contribution >= 0.6 is 0 Å². The van der Waals surface area contributed by atoms with Crippen molar-refractivity contribution in [2.45, 2.75) is 25.3 Å². The number of nitrogens with zero attached hydrogens (tertiary/aromatic N) is 3. The molecule has 0 bridgehead atoms. The van der Waals surface area contributed by atoms with Crippen LogP contribution in [0, 0.1) is 0 Å². The molecule has 2 saturated heterocycles. The van der Waals surface area contributed by atoms with Crippen molar-refractivity contribution in [1.29, 1.82) is 0 Å². The molecule has 2 aliphatic rings. The van der Waals surface area contributed by atoms with Crippen LogP contribution in [0.2, 0.25) is 0 Å². The standard InChI is InChI=1S/C20H28N4O7/c1-30-13-14-4-2-7-24(14)21-19(28)16-10-15(25)11-17(31-16)20(29)23-6-3-5-22(8-9-23)12-18(26)27/h10-11,14H,2-9,12-13H2,1H3,(H,21,28)(H,26,27). The van der Waals surface area contributed by atoms with Gasteiger partial charge in [0.2, 0.25) is 0 Å². The van der Waals surface area contributed by atoms with Gasteiger partial charge in [-0.25, -0.2) is 5.01 Å². The summed E-state index contributed by atoms with van der Waals surface area (Å²) in [6.45, 7) is 2.70. The molecule has 3 rings (SSSR count). The Balaban J connectivity index is 1.68. The Morgan fingerprint density at radius 2 is 1.90 bits per heavy atom. The molecule has 1 aromatic heterocycles. The number of hydrogen-bond acceptors (Lipinski definition) is 8. The molecule has 1 atom stereocenters. The molecule has 2 aliphatic heterocycles. The smallest absolute Gasteiger partial charge is 0.317 e. The Bertz CT molecular complexity index is 871. The van der Waals surface area contributed by atoms with Crippen LogP contribution in [0.4, 0.5) is 0 Å². The van der Waals surface area contributed by atoms with E-state index in [2.05, 4.69) is 5.43 Å². The van der Waals surface area contributed by atoms with Crippen LogP contribution in [0.3, 0.4) is 0 Å². The van der Waals surface area contributed by atoms with Crippen LogP contribution in [0.25, 0.3) is 0 Å². The summed E-state index contributed by atoms with van der Waals surface area (Å²) in [5, 5.41) is 10.7. The number of nitrogens with one attached hydrogen (secondary N) is 1. The summed E-state index contributed by atoms with van der Waals surface area (Å²) in [4.78, 5) is 51.8. The van der Waals surface area contributed by atoms with Crippen molar-refractivity contribution >= 4 is 17.8 Å². The Morgan fingerprint density at radius 3 is 2.65 bits per heavy atom. The van der Waals surface area contributed by atoms with Gasteiger partial charge in [-0.05, 0) is 19.3 Å². The molecule has 2 amide bonds. The van der Waals surface area contributed by atoms with Crippen molar-refractivity contribution in [3.8, 4) is 0 Å². The molecule has 0 aliphatic carbocycles. The van der Waals surface area contributed by atoms with E-state index in [1.807, 2.05) is 0 Å². The lowest BCUT2D eigenvalue weighted by Gasteiger charge is -2.24. The number of hydrogen-bond donors (Lipinski definition) is 2. The highest BCUT2D eigenvalue weighted by atomic mass is 16.5. The third-order valence-electron chi connectivity index (χ3n) is 5.42. The molecule has 0 aromatic carbocycles. The van der Waals surface area contributed by atoms with Gasteiger partial charge in [-0.3, -0.25) is 29.5 Å². The van der Waals surface area contributed by atoms with Crippen LogP contribution in [0.15, 0.2) is 21.3 Å². The van der Waals surface area contributed by atoms with E-state index in [9.17, 15) is 19.2 Å². The zero-order valence-electron chi connectivity index (χ0n) is 17.5. The first-order valence-electron chi connectivity index (χ1n) is 10.3. The second-order valence-electron chi connectivity index (χ2n) is 7.72. The molecule has 3 heterocycles. The van der Waals surface area contributed by atoms with Crippen molar-refractivity contribution < 1.29 is 28.6 Å². The summed E-state index contributed by atoms with van der Waals surface area (Å²) in [6.07, 6.45) is 2.38. The second kappa shape index (κ2) is 10.5. The molecule has 0 spiro atoms. The molecule has 0 radical (unpaired) electrons. The number of carbonyl (C=O) groups is 3. The topological polar surface area (TPSA) is 133 Å². The lowest BCUT2D eigenvalue weighted by molar-refractivity contribution is -0.138. The van der Waals surface area contributed by atoms with E-state index < -0.39 is 23.2 Å². The maximum absolute atomic E-state index is 12.9. The van der Waals surface area contributed by atoms with E-state index in [0.717, 1.165) is 25.0 Å². The van der Waals surface area contributed by atoms with E-state index in [4.69, 9.17) is 14.3 Å². The number of aliphatic carboxylic acids is 1. The highest BCUT2D eigenvalue weighted by Gasteiger charge is 2.28. The van der Waals surface area contributed by atoms with E-state index in [1.54, 1.807) is 17.0 Å². The van der Waals surface area contributed by atoms with Gasteiger partial charge in [0.05, 0.1) is 19.2 Å². The minimum Gasteiger partial charge on any atom is -0.480 e. The molecule has 11 heteroatoms. The molecule has 0 saturated carbocycles. The zero-order valence-corrected chi connectivity index (χ0v) is 17.5. The first-order chi connectivity index (χ1) is 14.9. The minimum absolute atomic E-state index is 0.0383. The number of carboxylic acid groups (broad SMARTS) is 1. The van der Waals surface area contributed by atoms with Gasteiger partial charge in [-0.15, -0.1) is 0 Å². The fraction of sp³-hybridized carbons (Fsp3) is 0.600. The van der Waals surface area contributed by atoms with Crippen LogP contribution in [0.5, 0.6) is 0 Å². The zero-order chi connectivity index (χ0) is 22.4. The first-order valence-corrected chi connectivity index (χ1v) is 10.3. The van der Waals surface area contributed by atoms with Crippen molar-refractivity contribution in [2.24, 2.45) is 0 Å². The molecular formula is C20H28N4O7. The summed E-state index contributed by atoms with van der Waals surface area (Å²) in [5.74, 6) is -2.46. The number of amides is 2. The van der Waals surface area contributed by atoms with Gasteiger partial charge in [0.1, 0.15) is 0 Å². The molecule has 1 aromatic rings. The van der Waals surface area contributed by atoms with Crippen molar-refractivity contribution in [2.75, 3.05) is 53.0 Å². The molecule has 31 heavy (non-hydrogen) atoms. The summed E-state index contributed by atoms with van der Waals surface area (Å²) in [6, 6.07) is 2.17. The predicted octanol–water partition coefficient (Wildman–Crippen LogP) is -0.372. The Morgan fingerprint density at radius 1 is 1.13 bits per heavy atom. The average Bonchev–Trinajstić information content (AvgIpc) is 3.02. The number of methoxy groups -OCH3 is 1. The molecule has 2 N–H and O–H groups in total. The number of ether oxygens (including phenoxy) is 1. The molecule has 11 nitrogen and oxygen atoms in total.